The Bertz CT molecular complexity index is 892. The Kier molecular flexibility index (Phi) is 3.59. The number of carbonyl (C=O) groups excluding carboxylic acids is 1. The molecule has 2 aromatic heterocycles. The van der Waals surface area contributed by atoms with Gasteiger partial charge in [0, 0.05) is 23.2 Å². The van der Waals surface area contributed by atoms with E-state index in [2.05, 4.69) is 9.97 Å². The first kappa shape index (κ1) is 15.0. The van der Waals surface area contributed by atoms with Crippen molar-refractivity contribution >= 4 is 51.3 Å². The van der Waals surface area contributed by atoms with E-state index in [1.807, 2.05) is 11.8 Å². The molecule has 0 saturated heterocycles. The molecular weight excluding hydrogens is 353 g/mol. The molecule has 23 heavy (non-hydrogen) atoms. The molecule has 7 heteroatoms. The van der Waals surface area contributed by atoms with Gasteiger partial charge in [0.2, 0.25) is 0 Å². The number of carbonyl (C=O) groups is 1. The van der Waals surface area contributed by atoms with E-state index in [4.69, 9.17) is 23.2 Å². The highest BCUT2D eigenvalue weighted by atomic mass is 35.5. The van der Waals surface area contributed by atoms with E-state index in [1.54, 1.807) is 29.5 Å². The molecule has 0 spiro atoms. The Morgan fingerprint density at radius 3 is 2.91 bits per heavy atom. The third kappa shape index (κ3) is 2.53. The lowest BCUT2D eigenvalue weighted by Gasteiger charge is -2.25. The number of nitrogens with zero attached hydrogens (tertiary/aromatic N) is 2. The molecule has 0 aliphatic carbocycles. The molecule has 0 fully saturated rings. The molecule has 1 N–H and O–H groups in total. The van der Waals surface area contributed by atoms with Crippen molar-refractivity contribution < 1.29 is 4.79 Å². The normalized spacial score (nSPS) is 14.3. The van der Waals surface area contributed by atoms with Crippen LogP contribution in [0.1, 0.15) is 26.1 Å². The van der Waals surface area contributed by atoms with Gasteiger partial charge in [0.15, 0.2) is 0 Å². The van der Waals surface area contributed by atoms with Crippen LogP contribution in [-0.4, -0.2) is 27.3 Å². The molecule has 0 atom stereocenters. The SMILES string of the molecule is Cc1nc2c(s1)CN(C(=O)c1cc3c(Cl)ccc(Cl)c3[nH]1)CC2. The zero-order valence-electron chi connectivity index (χ0n) is 12.3. The van der Waals surface area contributed by atoms with E-state index in [0.717, 1.165) is 22.5 Å². The minimum Gasteiger partial charge on any atom is -0.349 e. The Morgan fingerprint density at radius 2 is 2.13 bits per heavy atom. The number of aromatic nitrogens is 2. The predicted molar refractivity (Wildman–Crippen MR) is 93.6 cm³/mol. The maximum Gasteiger partial charge on any atom is 0.270 e. The second-order valence-corrected chi connectivity index (χ2v) is 7.68. The topological polar surface area (TPSA) is 49.0 Å². The molecule has 0 bridgehead atoms. The fraction of sp³-hybridized carbons (Fsp3) is 0.250. The number of fused-ring (bicyclic) bond motifs is 2. The van der Waals surface area contributed by atoms with Crippen molar-refractivity contribution in [3.05, 3.63) is 49.5 Å². The first-order valence-corrected chi connectivity index (χ1v) is 8.81. The van der Waals surface area contributed by atoms with Crippen LogP contribution in [0.5, 0.6) is 0 Å². The maximum atomic E-state index is 12.8. The third-order valence-corrected chi connectivity index (χ3v) is 5.69. The van der Waals surface area contributed by atoms with Crippen molar-refractivity contribution in [1.82, 2.24) is 14.9 Å². The van der Waals surface area contributed by atoms with Crippen molar-refractivity contribution in [2.24, 2.45) is 0 Å². The van der Waals surface area contributed by atoms with Crippen LogP contribution in [0.2, 0.25) is 10.0 Å². The molecule has 0 unspecified atom stereocenters. The highest BCUT2D eigenvalue weighted by Gasteiger charge is 2.25. The number of aromatic amines is 1. The fourth-order valence-electron chi connectivity index (χ4n) is 2.93. The van der Waals surface area contributed by atoms with Gasteiger partial charge in [0.25, 0.3) is 5.91 Å². The number of amides is 1. The average molecular weight is 366 g/mol. The molecule has 1 aliphatic rings. The van der Waals surface area contributed by atoms with E-state index in [-0.39, 0.29) is 5.91 Å². The van der Waals surface area contributed by atoms with Crippen LogP contribution in [0.25, 0.3) is 10.9 Å². The predicted octanol–water partition coefficient (Wildman–Crippen LogP) is 4.44. The van der Waals surface area contributed by atoms with Crippen molar-refractivity contribution in [2.75, 3.05) is 6.54 Å². The molecule has 0 saturated carbocycles. The molecule has 118 valence electrons. The van der Waals surface area contributed by atoms with Gasteiger partial charge < -0.3 is 9.88 Å². The number of hydrogen-bond acceptors (Lipinski definition) is 3. The van der Waals surface area contributed by atoms with E-state index in [0.29, 0.717) is 34.3 Å². The molecular formula is C16H13Cl2N3OS. The number of hydrogen-bond donors (Lipinski definition) is 1. The number of rotatable bonds is 1. The summed E-state index contributed by atoms with van der Waals surface area (Å²) in [5.41, 5.74) is 2.34. The molecule has 1 aromatic carbocycles. The lowest BCUT2D eigenvalue weighted by atomic mass is 10.1. The zero-order chi connectivity index (χ0) is 16.1. The molecule has 1 aliphatic heterocycles. The summed E-state index contributed by atoms with van der Waals surface area (Å²) in [7, 11) is 0. The summed E-state index contributed by atoms with van der Waals surface area (Å²) >= 11 is 14.0. The van der Waals surface area contributed by atoms with Crippen LogP contribution in [0.4, 0.5) is 0 Å². The highest BCUT2D eigenvalue weighted by molar-refractivity contribution is 7.11. The number of nitrogens with one attached hydrogen (secondary N) is 1. The van der Waals surface area contributed by atoms with E-state index < -0.39 is 0 Å². The van der Waals surface area contributed by atoms with E-state index in [9.17, 15) is 4.79 Å². The van der Waals surface area contributed by atoms with Gasteiger partial charge in [-0.05, 0) is 25.1 Å². The smallest absolute Gasteiger partial charge is 0.270 e. The van der Waals surface area contributed by atoms with Crippen molar-refractivity contribution in [3.8, 4) is 0 Å². The van der Waals surface area contributed by atoms with Gasteiger partial charge in [-0.3, -0.25) is 4.79 Å². The number of benzene rings is 1. The van der Waals surface area contributed by atoms with Gasteiger partial charge >= 0.3 is 0 Å². The van der Waals surface area contributed by atoms with Gasteiger partial charge in [-0.15, -0.1) is 11.3 Å². The summed E-state index contributed by atoms with van der Waals surface area (Å²) in [6.45, 7) is 3.28. The lowest BCUT2D eigenvalue weighted by Crippen LogP contribution is -2.35. The van der Waals surface area contributed by atoms with E-state index in [1.165, 1.54) is 4.88 Å². The van der Waals surface area contributed by atoms with Gasteiger partial charge in [0.1, 0.15) is 5.69 Å². The molecule has 4 nitrogen and oxygen atoms in total. The molecule has 1 amide bonds. The fourth-order valence-corrected chi connectivity index (χ4v) is 4.36. The minimum atomic E-state index is -0.0370. The summed E-state index contributed by atoms with van der Waals surface area (Å²) in [6, 6.07) is 5.24. The van der Waals surface area contributed by atoms with Gasteiger partial charge in [-0.1, -0.05) is 23.2 Å². The molecule has 3 heterocycles. The second-order valence-electron chi connectivity index (χ2n) is 5.58. The molecule has 0 radical (unpaired) electrons. The minimum absolute atomic E-state index is 0.0370. The standard InChI is InChI=1S/C16H13Cl2N3OS/c1-8-19-12-4-5-21(7-14(12)23-8)16(22)13-6-9-10(17)2-3-11(18)15(9)20-13/h2-3,6,20H,4-5,7H2,1H3. The average Bonchev–Trinajstić information content (AvgIpc) is 3.13. The van der Waals surface area contributed by atoms with Crippen LogP contribution < -0.4 is 0 Å². The summed E-state index contributed by atoms with van der Waals surface area (Å²) < 4.78 is 0. The molecule has 4 rings (SSSR count). The van der Waals surface area contributed by atoms with Crippen LogP contribution in [0.3, 0.4) is 0 Å². The maximum absolute atomic E-state index is 12.8. The molecule has 3 aromatic rings. The summed E-state index contributed by atoms with van der Waals surface area (Å²) in [5, 5.41) is 2.96. The van der Waals surface area contributed by atoms with E-state index >= 15 is 0 Å². The highest BCUT2D eigenvalue weighted by Crippen LogP contribution is 2.31. The summed E-state index contributed by atoms with van der Waals surface area (Å²) in [4.78, 5) is 23.4. The number of H-pyrrole nitrogens is 1. The van der Waals surface area contributed by atoms with Crippen LogP contribution in [-0.2, 0) is 13.0 Å². The first-order chi connectivity index (χ1) is 11.0. The van der Waals surface area contributed by atoms with Crippen molar-refractivity contribution in [2.45, 2.75) is 19.9 Å². The quantitative estimate of drug-likeness (QED) is 0.692. The summed E-state index contributed by atoms with van der Waals surface area (Å²) in [6.07, 6.45) is 0.799. The van der Waals surface area contributed by atoms with Crippen LogP contribution in [0, 0.1) is 6.92 Å². The number of thiazole rings is 1. The summed E-state index contributed by atoms with van der Waals surface area (Å²) in [5.74, 6) is -0.0370. The second kappa shape index (κ2) is 5.51. The van der Waals surface area contributed by atoms with Crippen molar-refractivity contribution in [3.63, 3.8) is 0 Å². The zero-order valence-corrected chi connectivity index (χ0v) is 14.6. The lowest BCUT2D eigenvalue weighted by molar-refractivity contribution is 0.0731. The van der Waals surface area contributed by atoms with Crippen LogP contribution in [0.15, 0.2) is 18.2 Å². The van der Waals surface area contributed by atoms with Crippen molar-refractivity contribution in [1.29, 1.82) is 0 Å². The van der Waals surface area contributed by atoms with Gasteiger partial charge in [-0.2, -0.15) is 0 Å². The third-order valence-electron chi connectivity index (χ3n) is 4.05. The number of halogens is 2. The monoisotopic (exact) mass is 365 g/mol. The Labute approximate surface area is 147 Å². The Balaban J connectivity index is 1.67. The van der Waals surface area contributed by atoms with Crippen LogP contribution >= 0.6 is 34.5 Å². The number of aryl methyl sites for hydroxylation is 1. The largest absolute Gasteiger partial charge is 0.349 e. The first-order valence-electron chi connectivity index (χ1n) is 7.24. The van der Waals surface area contributed by atoms with Gasteiger partial charge in [-0.25, -0.2) is 4.98 Å². The Morgan fingerprint density at radius 1 is 1.35 bits per heavy atom. The Hall–Kier alpha value is -1.56. The van der Waals surface area contributed by atoms with Gasteiger partial charge in [0.05, 0.1) is 32.8 Å².